The van der Waals surface area contributed by atoms with E-state index >= 15 is 0 Å². The van der Waals surface area contributed by atoms with E-state index in [2.05, 4.69) is 53.5 Å². The third-order valence-corrected chi connectivity index (χ3v) is 5.61. The number of guanidine groups is 1. The molecule has 1 saturated carbocycles. The summed E-state index contributed by atoms with van der Waals surface area (Å²) in [7, 11) is 0. The summed E-state index contributed by atoms with van der Waals surface area (Å²) in [4.78, 5) is 13.3. The first kappa shape index (κ1) is 22.2. The average molecular weight is 415 g/mol. The van der Waals surface area contributed by atoms with Crippen LogP contribution in [0.25, 0.3) is 11.6 Å². The minimum Gasteiger partial charge on any atom is -0.378 e. The van der Waals surface area contributed by atoms with Crippen molar-refractivity contribution in [2.24, 2.45) is 10.4 Å². The van der Waals surface area contributed by atoms with Crippen molar-refractivity contribution in [2.75, 3.05) is 19.7 Å². The molecule has 0 radical (unpaired) electrons. The summed E-state index contributed by atoms with van der Waals surface area (Å²) in [6, 6.07) is 5.94. The summed E-state index contributed by atoms with van der Waals surface area (Å²) in [6.07, 6.45) is 5.89. The Morgan fingerprint density at radius 3 is 2.90 bits per heavy atom. The fourth-order valence-corrected chi connectivity index (χ4v) is 3.48. The quantitative estimate of drug-likeness (QED) is 0.350. The first-order chi connectivity index (χ1) is 14.5. The predicted octanol–water partition coefficient (Wildman–Crippen LogP) is 3.21. The fourth-order valence-electron chi connectivity index (χ4n) is 3.48. The van der Waals surface area contributed by atoms with Crippen molar-refractivity contribution in [3.8, 4) is 11.6 Å². The first-order valence-corrected chi connectivity index (χ1v) is 10.9. The van der Waals surface area contributed by atoms with Crippen LogP contribution >= 0.6 is 0 Å². The van der Waals surface area contributed by atoms with Gasteiger partial charge in [0.1, 0.15) is 5.69 Å². The molecule has 2 aromatic rings. The molecule has 0 saturated heterocycles. The Hall–Kier alpha value is -2.48. The zero-order valence-electron chi connectivity index (χ0n) is 18.5. The Morgan fingerprint density at radius 1 is 1.33 bits per heavy atom. The number of aliphatic imine (C=N–C) groups is 1. The van der Waals surface area contributed by atoms with E-state index in [0.29, 0.717) is 42.5 Å². The summed E-state index contributed by atoms with van der Waals surface area (Å²) in [5, 5.41) is 10.9. The van der Waals surface area contributed by atoms with Gasteiger partial charge in [-0.15, -0.1) is 0 Å². The maximum absolute atomic E-state index is 6.05. The molecule has 3 rings (SSSR count). The van der Waals surface area contributed by atoms with Crippen molar-refractivity contribution in [2.45, 2.75) is 65.5 Å². The highest BCUT2D eigenvalue weighted by Gasteiger charge is 2.49. The second-order valence-corrected chi connectivity index (χ2v) is 8.21. The molecule has 0 aromatic carbocycles. The zero-order valence-corrected chi connectivity index (χ0v) is 18.5. The van der Waals surface area contributed by atoms with Crippen molar-refractivity contribution >= 4 is 5.96 Å². The highest BCUT2D eigenvalue weighted by atomic mass is 16.5. The van der Waals surface area contributed by atoms with Gasteiger partial charge in [-0.3, -0.25) is 9.98 Å². The summed E-state index contributed by atoms with van der Waals surface area (Å²) in [5.41, 5.74) is 0.757. The van der Waals surface area contributed by atoms with Crippen molar-refractivity contribution in [1.82, 2.24) is 25.8 Å². The van der Waals surface area contributed by atoms with Crippen LogP contribution in [-0.4, -0.2) is 52.9 Å². The van der Waals surface area contributed by atoms with Crippen LogP contribution in [-0.2, 0) is 11.2 Å². The molecular weight excluding hydrogens is 380 g/mol. The number of unbranched alkanes of at least 4 members (excludes halogenated alkanes) is 1. The van der Waals surface area contributed by atoms with E-state index in [9.17, 15) is 0 Å². The lowest BCUT2D eigenvalue weighted by Gasteiger charge is -2.52. The molecule has 30 heavy (non-hydrogen) atoms. The van der Waals surface area contributed by atoms with Gasteiger partial charge in [0.2, 0.25) is 0 Å². The van der Waals surface area contributed by atoms with Gasteiger partial charge < -0.3 is 19.9 Å². The van der Waals surface area contributed by atoms with Gasteiger partial charge in [-0.25, -0.2) is 0 Å². The highest BCUT2D eigenvalue weighted by molar-refractivity contribution is 5.80. The van der Waals surface area contributed by atoms with Gasteiger partial charge in [0.15, 0.2) is 11.8 Å². The topological polar surface area (TPSA) is 97.5 Å². The molecule has 2 aromatic heterocycles. The number of rotatable bonds is 10. The molecule has 2 unspecified atom stereocenters. The van der Waals surface area contributed by atoms with Gasteiger partial charge >= 0.3 is 0 Å². The number of aromatic nitrogens is 3. The van der Waals surface area contributed by atoms with Crippen LogP contribution in [0.15, 0.2) is 33.9 Å². The predicted molar refractivity (Wildman–Crippen MR) is 117 cm³/mol. The molecule has 0 bridgehead atoms. The van der Waals surface area contributed by atoms with Crippen LogP contribution in [0.2, 0.25) is 0 Å². The highest BCUT2D eigenvalue weighted by Crippen LogP contribution is 2.42. The number of ether oxygens (including phenoxy) is 1. The largest absolute Gasteiger partial charge is 0.378 e. The second-order valence-electron chi connectivity index (χ2n) is 8.21. The minimum absolute atomic E-state index is 0.0786. The lowest BCUT2D eigenvalue weighted by Crippen LogP contribution is -2.63. The number of hydrogen-bond donors (Lipinski definition) is 2. The average Bonchev–Trinajstić information content (AvgIpc) is 3.22. The maximum Gasteiger partial charge on any atom is 0.276 e. The van der Waals surface area contributed by atoms with Gasteiger partial charge in [-0.1, -0.05) is 38.4 Å². The smallest absolute Gasteiger partial charge is 0.276 e. The monoisotopic (exact) mass is 414 g/mol. The number of nitrogens with zero attached hydrogens (tertiary/aromatic N) is 4. The Morgan fingerprint density at radius 2 is 2.20 bits per heavy atom. The molecule has 0 aliphatic heterocycles. The second kappa shape index (κ2) is 10.5. The van der Waals surface area contributed by atoms with Gasteiger partial charge in [-0.2, -0.15) is 4.98 Å². The summed E-state index contributed by atoms with van der Waals surface area (Å²) < 4.78 is 11.4. The van der Waals surface area contributed by atoms with Crippen LogP contribution < -0.4 is 10.6 Å². The van der Waals surface area contributed by atoms with Gasteiger partial charge in [0, 0.05) is 43.8 Å². The van der Waals surface area contributed by atoms with Gasteiger partial charge in [-0.05, 0) is 31.9 Å². The van der Waals surface area contributed by atoms with Crippen molar-refractivity contribution in [3.63, 3.8) is 0 Å². The number of hydrogen-bond acceptors (Lipinski definition) is 6. The molecule has 1 aliphatic carbocycles. The van der Waals surface area contributed by atoms with Crippen LogP contribution in [0.3, 0.4) is 0 Å². The molecule has 8 nitrogen and oxygen atoms in total. The van der Waals surface area contributed by atoms with Crippen molar-refractivity contribution < 1.29 is 9.26 Å². The number of nitrogens with one attached hydrogen (secondary N) is 2. The lowest BCUT2D eigenvalue weighted by molar-refractivity contribution is -0.113. The van der Waals surface area contributed by atoms with Crippen LogP contribution in [0.5, 0.6) is 0 Å². The van der Waals surface area contributed by atoms with E-state index in [4.69, 9.17) is 14.3 Å². The van der Waals surface area contributed by atoms with Crippen LogP contribution in [0.1, 0.15) is 52.8 Å². The fraction of sp³-hybridized carbons (Fsp3) is 0.636. The molecule has 2 N–H and O–H groups in total. The SMILES string of the molecule is CCCCOC1CC(NC(=NCCc2noc(-c3ccccn3)n2)NCC)C1(C)C. The summed E-state index contributed by atoms with van der Waals surface area (Å²) >= 11 is 0. The maximum atomic E-state index is 6.05. The molecule has 164 valence electrons. The zero-order chi connectivity index (χ0) is 21.4. The molecule has 8 heteroatoms. The summed E-state index contributed by atoms with van der Waals surface area (Å²) in [5.74, 6) is 1.88. The molecule has 2 atom stereocenters. The van der Waals surface area contributed by atoms with E-state index < -0.39 is 0 Å². The van der Waals surface area contributed by atoms with Crippen molar-refractivity contribution in [3.05, 3.63) is 30.2 Å². The molecule has 1 fully saturated rings. The molecular formula is C22H34N6O2. The van der Waals surface area contributed by atoms with E-state index in [1.807, 2.05) is 18.2 Å². The van der Waals surface area contributed by atoms with Crippen molar-refractivity contribution in [1.29, 1.82) is 0 Å². The summed E-state index contributed by atoms with van der Waals surface area (Å²) in [6.45, 7) is 11.0. The van der Waals surface area contributed by atoms with Crippen LogP contribution in [0, 0.1) is 5.41 Å². The van der Waals surface area contributed by atoms with E-state index in [0.717, 1.165) is 38.4 Å². The van der Waals surface area contributed by atoms with Gasteiger partial charge in [0.25, 0.3) is 5.89 Å². The molecule has 0 spiro atoms. The standard InChI is InChI=1S/C22H34N6O2/c1-5-7-14-29-18-15-17(22(18,3)4)26-21(23-6-2)25-13-11-19-27-20(30-28-19)16-10-8-9-12-24-16/h8-10,12,17-18H,5-7,11,13-15H2,1-4H3,(H2,23,25,26). The third kappa shape index (κ3) is 5.56. The Kier molecular flexibility index (Phi) is 7.79. The molecule has 2 heterocycles. The van der Waals surface area contributed by atoms with E-state index in [1.165, 1.54) is 0 Å². The number of pyridine rings is 1. The first-order valence-electron chi connectivity index (χ1n) is 10.9. The van der Waals surface area contributed by atoms with E-state index in [1.54, 1.807) is 6.20 Å². The lowest BCUT2D eigenvalue weighted by atomic mass is 9.64. The Balaban J connectivity index is 1.51. The molecule has 1 aliphatic rings. The Bertz CT molecular complexity index is 805. The van der Waals surface area contributed by atoms with Crippen LogP contribution in [0.4, 0.5) is 0 Å². The normalized spacial score (nSPS) is 20.6. The van der Waals surface area contributed by atoms with Gasteiger partial charge in [0.05, 0.1) is 6.10 Å². The van der Waals surface area contributed by atoms with E-state index in [-0.39, 0.29) is 5.41 Å². The minimum atomic E-state index is 0.0786. The third-order valence-electron chi connectivity index (χ3n) is 5.61. The Labute approximate surface area is 178 Å². The molecule has 0 amide bonds.